The first-order valence-corrected chi connectivity index (χ1v) is 4.70. The molecule has 0 heterocycles. The van der Waals surface area contributed by atoms with Gasteiger partial charge in [0, 0.05) is 0 Å². The largest absolute Gasteiger partial charge is 0.481 e. The van der Waals surface area contributed by atoms with Crippen LogP contribution in [-0.2, 0) is 9.59 Å². The molecule has 0 aliphatic carbocycles. The van der Waals surface area contributed by atoms with Crippen LogP contribution in [0.3, 0.4) is 0 Å². The highest BCUT2D eigenvalue weighted by molar-refractivity contribution is 5.75. The Morgan fingerprint density at radius 1 is 1.29 bits per heavy atom. The maximum absolute atomic E-state index is 10.7. The molecular formula is C9H17NO4. The Bertz CT molecular complexity index is 205. The van der Waals surface area contributed by atoms with Crippen molar-refractivity contribution < 1.29 is 19.8 Å². The summed E-state index contributed by atoms with van der Waals surface area (Å²) in [6.45, 7) is 1.95. The average Bonchev–Trinajstić information content (AvgIpc) is 2.10. The quantitative estimate of drug-likeness (QED) is 0.564. The molecule has 2 atom stereocenters. The zero-order valence-electron chi connectivity index (χ0n) is 8.27. The van der Waals surface area contributed by atoms with Gasteiger partial charge in [-0.05, 0) is 12.8 Å². The lowest BCUT2D eigenvalue weighted by Gasteiger charge is -2.13. The first-order chi connectivity index (χ1) is 6.49. The van der Waals surface area contributed by atoms with Crippen LogP contribution in [0.2, 0.25) is 0 Å². The van der Waals surface area contributed by atoms with Crippen LogP contribution < -0.4 is 5.73 Å². The van der Waals surface area contributed by atoms with Crippen LogP contribution in [0, 0.1) is 5.92 Å². The van der Waals surface area contributed by atoms with E-state index in [-0.39, 0.29) is 6.42 Å². The summed E-state index contributed by atoms with van der Waals surface area (Å²) in [7, 11) is 0. The second-order valence-corrected chi connectivity index (χ2v) is 3.36. The van der Waals surface area contributed by atoms with Crippen LogP contribution in [-0.4, -0.2) is 28.2 Å². The van der Waals surface area contributed by atoms with E-state index in [1.807, 2.05) is 6.92 Å². The summed E-state index contributed by atoms with van der Waals surface area (Å²) in [6.07, 6.45) is 2.17. The van der Waals surface area contributed by atoms with E-state index in [1.165, 1.54) is 0 Å². The zero-order valence-corrected chi connectivity index (χ0v) is 8.27. The molecule has 4 N–H and O–H groups in total. The van der Waals surface area contributed by atoms with Gasteiger partial charge >= 0.3 is 11.9 Å². The van der Waals surface area contributed by atoms with Crippen molar-refractivity contribution in [3.8, 4) is 0 Å². The van der Waals surface area contributed by atoms with E-state index in [2.05, 4.69) is 0 Å². The van der Waals surface area contributed by atoms with Gasteiger partial charge in [0.05, 0.1) is 5.92 Å². The summed E-state index contributed by atoms with van der Waals surface area (Å²) < 4.78 is 0. The molecule has 0 rings (SSSR count). The van der Waals surface area contributed by atoms with Crippen molar-refractivity contribution in [3.63, 3.8) is 0 Å². The molecular weight excluding hydrogens is 186 g/mol. The molecule has 0 radical (unpaired) electrons. The highest BCUT2D eigenvalue weighted by Gasteiger charge is 2.23. The fraction of sp³-hybridized carbons (Fsp3) is 0.778. The highest BCUT2D eigenvalue weighted by atomic mass is 16.4. The molecule has 0 fully saturated rings. The van der Waals surface area contributed by atoms with Crippen LogP contribution in [0.5, 0.6) is 0 Å². The van der Waals surface area contributed by atoms with E-state index < -0.39 is 23.9 Å². The van der Waals surface area contributed by atoms with Gasteiger partial charge in [-0.3, -0.25) is 9.59 Å². The SMILES string of the molecule is CCCCC(CC(N)C(=O)O)C(=O)O. The van der Waals surface area contributed by atoms with E-state index in [0.717, 1.165) is 12.8 Å². The van der Waals surface area contributed by atoms with Gasteiger partial charge in [0.2, 0.25) is 0 Å². The highest BCUT2D eigenvalue weighted by Crippen LogP contribution is 2.14. The van der Waals surface area contributed by atoms with Gasteiger partial charge in [-0.2, -0.15) is 0 Å². The molecule has 0 saturated heterocycles. The monoisotopic (exact) mass is 203 g/mol. The number of hydrogen-bond acceptors (Lipinski definition) is 3. The molecule has 0 aromatic carbocycles. The Kier molecular flexibility index (Phi) is 5.87. The molecule has 0 bridgehead atoms. The molecule has 5 nitrogen and oxygen atoms in total. The lowest BCUT2D eigenvalue weighted by Crippen LogP contribution is -2.34. The minimum Gasteiger partial charge on any atom is -0.481 e. The number of carbonyl (C=O) groups is 2. The molecule has 82 valence electrons. The van der Waals surface area contributed by atoms with E-state index in [0.29, 0.717) is 6.42 Å². The molecule has 5 heteroatoms. The molecule has 2 unspecified atom stereocenters. The van der Waals surface area contributed by atoms with E-state index in [4.69, 9.17) is 15.9 Å². The van der Waals surface area contributed by atoms with Crippen LogP contribution in [0.1, 0.15) is 32.6 Å². The van der Waals surface area contributed by atoms with Gasteiger partial charge in [-0.1, -0.05) is 19.8 Å². The third-order valence-corrected chi connectivity index (χ3v) is 2.11. The maximum atomic E-state index is 10.7. The van der Waals surface area contributed by atoms with Gasteiger partial charge < -0.3 is 15.9 Å². The minimum absolute atomic E-state index is 0.00463. The zero-order chi connectivity index (χ0) is 11.1. The molecule has 0 spiro atoms. The Morgan fingerprint density at radius 2 is 1.86 bits per heavy atom. The fourth-order valence-corrected chi connectivity index (χ4v) is 1.20. The molecule has 0 aromatic heterocycles. The minimum atomic E-state index is -1.15. The maximum Gasteiger partial charge on any atom is 0.320 e. The van der Waals surface area contributed by atoms with Crippen LogP contribution in [0.4, 0.5) is 0 Å². The normalized spacial score (nSPS) is 14.7. The Hall–Kier alpha value is -1.10. The predicted molar refractivity (Wildman–Crippen MR) is 50.9 cm³/mol. The number of nitrogens with two attached hydrogens (primary N) is 1. The molecule has 0 aliphatic rings. The van der Waals surface area contributed by atoms with Crippen molar-refractivity contribution in [2.24, 2.45) is 11.7 Å². The summed E-state index contributed by atoms with van der Waals surface area (Å²) in [4.78, 5) is 21.1. The summed E-state index contributed by atoms with van der Waals surface area (Å²) in [5.74, 6) is -2.75. The van der Waals surface area contributed by atoms with E-state index >= 15 is 0 Å². The third kappa shape index (κ3) is 4.81. The molecule has 14 heavy (non-hydrogen) atoms. The Labute approximate surface area is 82.9 Å². The number of unbranched alkanes of at least 4 members (excludes halogenated alkanes) is 1. The number of carboxylic acids is 2. The smallest absolute Gasteiger partial charge is 0.320 e. The standard InChI is InChI=1S/C9H17NO4/c1-2-3-4-6(8(11)12)5-7(10)9(13)14/h6-7H,2-5,10H2,1H3,(H,11,12)(H,13,14). The summed E-state index contributed by atoms with van der Waals surface area (Å²) in [5, 5.41) is 17.3. The van der Waals surface area contributed by atoms with Crippen molar-refractivity contribution >= 4 is 11.9 Å². The van der Waals surface area contributed by atoms with Crippen molar-refractivity contribution in [1.29, 1.82) is 0 Å². The van der Waals surface area contributed by atoms with E-state index in [1.54, 1.807) is 0 Å². The first-order valence-electron chi connectivity index (χ1n) is 4.70. The lowest BCUT2D eigenvalue weighted by molar-refractivity contribution is -0.143. The van der Waals surface area contributed by atoms with E-state index in [9.17, 15) is 9.59 Å². The second kappa shape index (κ2) is 6.37. The Balaban J connectivity index is 4.08. The first kappa shape index (κ1) is 12.9. The predicted octanol–water partition coefficient (Wildman–Crippen LogP) is 0.679. The van der Waals surface area contributed by atoms with Crippen molar-refractivity contribution in [1.82, 2.24) is 0 Å². The van der Waals surface area contributed by atoms with Crippen LogP contribution in [0.25, 0.3) is 0 Å². The van der Waals surface area contributed by atoms with Crippen LogP contribution in [0.15, 0.2) is 0 Å². The van der Waals surface area contributed by atoms with Gasteiger partial charge in [0.25, 0.3) is 0 Å². The van der Waals surface area contributed by atoms with Gasteiger partial charge in [-0.25, -0.2) is 0 Å². The average molecular weight is 203 g/mol. The second-order valence-electron chi connectivity index (χ2n) is 3.36. The fourth-order valence-electron chi connectivity index (χ4n) is 1.20. The van der Waals surface area contributed by atoms with Gasteiger partial charge in [0.15, 0.2) is 0 Å². The summed E-state index contributed by atoms with van der Waals surface area (Å²) in [6, 6.07) is -1.08. The van der Waals surface area contributed by atoms with Crippen molar-refractivity contribution in [3.05, 3.63) is 0 Å². The topological polar surface area (TPSA) is 101 Å². The number of rotatable bonds is 7. The number of carboxylic acid groups (broad SMARTS) is 2. The number of aliphatic carboxylic acids is 2. The number of hydrogen-bond donors (Lipinski definition) is 3. The van der Waals surface area contributed by atoms with Crippen LogP contribution >= 0.6 is 0 Å². The van der Waals surface area contributed by atoms with Gasteiger partial charge in [-0.15, -0.1) is 0 Å². The third-order valence-electron chi connectivity index (χ3n) is 2.11. The molecule has 0 amide bonds. The van der Waals surface area contributed by atoms with Crippen molar-refractivity contribution in [2.75, 3.05) is 0 Å². The Morgan fingerprint density at radius 3 is 2.21 bits per heavy atom. The lowest BCUT2D eigenvalue weighted by atomic mass is 9.95. The molecule has 0 aliphatic heterocycles. The molecule has 0 saturated carbocycles. The van der Waals surface area contributed by atoms with Gasteiger partial charge in [0.1, 0.15) is 6.04 Å². The van der Waals surface area contributed by atoms with Crippen molar-refractivity contribution in [2.45, 2.75) is 38.6 Å². The summed E-state index contributed by atoms with van der Waals surface area (Å²) >= 11 is 0. The summed E-state index contributed by atoms with van der Waals surface area (Å²) in [5.41, 5.74) is 5.26. The molecule has 0 aromatic rings.